The zero-order valence-corrected chi connectivity index (χ0v) is 20.1. The number of likely N-dealkylation sites (tertiary alicyclic amines) is 1. The number of amides is 3. The molecule has 1 saturated carbocycles. The molecule has 3 amide bonds. The number of rotatable bonds is 4. The van der Waals surface area contributed by atoms with Gasteiger partial charge in [0.2, 0.25) is 11.8 Å². The van der Waals surface area contributed by atoms with E-state index < -0.39 is 11.8 Å². The van der Waals surface area contributed by atoms with E-state index in [9.17, 15) is 14.4 Å². The summed E-state index contributed by atoms with van der Waals surface area (Å²) in [6.07, 6.45) is 2.97. The van der Waals surface area contributed by atoms with Crippen LogP contribution in [0.2, 0.25) is 0 Å². The molecule has 3 heterocycles. The first kappa shape index (κ1) is 23.1. The molecule has 9 nitrogen and oxygen atoms in total. The van der Waals surface area contributed by atoms with E-state index >= 15 is 0 Å². The second-order valence-electron chi connectivity index (χ2n) is 9.90. The Labute approximate surface area is 200 Å². The molecule has 0 bridgehead atoms. The number of benzene rings is 1. The van der Waals surface area contributed by atoms with Crippen LogP contribution in [0.3, 0.4) is 0 Å². The summed E-state index contributed by atoms with van der Waals surface area (Å²) in [7, 11) is 3.63. The van der Waals surface area contributed by atoms with Crippen molar-refractivity contribution in [1.29, 1.82) is 0 Å². The summed E-state index contributed by atoms with van der Waals surface area (Å²) in [6, 6.07) is 6.31. The monoisotopic (exact) mass is 470 g/mol. The van der Waals surface area contributed by atoms with Crippen LogP contribution in [0.5, 0.6) is 5.75 Å². The number of ether oxygens (including phenoxy) is 2. The zero-order valence-electron chi connectivity index (χ0n) is 20.1. The lowest BCUT2D eigenvalue weighted by atomic mass is 9.96. The molecule has 3 aliphatic heterocycles. The Balaban J connectivity index is 1.39. The third-order valence-electron chi connectivity index (χ3n) is 7.70. The largest absolute Gasteiger partial charge is 0.497 e. The van der Waals surface area contributed by atoms with Crippen LogP contribution in [0, 0.1) is 5.92 Å². The highest BCUT2D eigenvalue weighted by Gasteiger charge is 2.55. The molecule has 5 rings (SSSR count). The average molecular weight is 471 g/mol. The second-order valence-corrected chi connectivity index (χ2v) is 9.90. The average Bonchev–Trinajstić information content (AvgIpc) is 3.66. The van der Waals surface area contributed by atoms with E-state index in [1.54, 1.807) is 36.3 Å². The maximum Gasteiger partial charge on any atom is 0.256 e. The first-order chi connectivity index (χ1) is 16.4. The van der Waals surface area contributed by atoms with E-state index in [0.717, 1.165) is 25.9 Å². The number of nitrogens with zero attached hydrogens (tertiary/aromatic N) is 4. The van der Waals surface area contributed by atoms with Gasteiger partial charge in [-0.1, -0.05) is 0 Å². The van der Waals surface area contributed by atoms with Crippen LogP contribution in [-0.2, 0) is 14.3 Å². The summed E-state index contributed by atoms with van der Waals surface area (Å²) in [5.41, 5.74) is -0.372. The summed E-state index contributed by atoms with van der Waals surface area (Å²) in [5.74, 6) is 0.784. The van der Waals surface area contributed by atoms with Crippen molar-refractivity contribution in [2.45, 2.75) is 37.5 Å². The minimum absolute atomic E-state index is 0.0525. The number of piperidine rings is 1. The van der Waals surface area contributed by atoms with E-state index in [1.807, 2.05) is 16.8 Å². The lowest BCUT2D eigenvalue weighted by Crippen LogP contribution is -2.61. The lowest BCUT2D eigenvalue weighted by Gasteiger charge is -2.45. The zero-order chi connectivity index (χ0) is 23.9. The number of piperazine rings is 1. The highest BCUT2D eigenvalue weighted by atomic mass is 16.5. The van der Waals surface area contributed by atoms with Gasteiger partial charge in [0.25, 0.3) is 5.91 Å². The fourth-order valence-electron chi connectivity index (χ4n) is 5.33. The van der Waals surface area contributed by atoms with Gasteiger partial charge in [-0.25, -0.2) is 0 Å². The summed E-state index contributed by atoms with van der Waals surface area (Å²) in [4.78, 5) is 47.7. The molecule has 1 atom stereocenters. The van der Waals surface area contributed by atoms with Crippen LogP contribution in [-0.4, -0.2) is 109 Å². The minimum atomic E-state index is -0.871. The quantitative estimate of drug-likeness (QED) is 0.654. The number of hydrogen-bond acceptors (Lipinski definition) is 6. The molecule has 9 heteroatoms. The standard InChI is InChI=1S/C25H34N4O5/c1-26-13-15-28(16-14-26)24(32)21-17-34-25(9-11-27(12-10-25)22(30)18-3-4-18)29(21)23(31)19-5-7-20(33-2)8-6-19/h5-8,18,21H,3-4,9-17H2,1-2H3. The summed E-state index contributed by atoms with van der Waals surface area (Å²) < 4.78 is 11.6. The number of carbonyl (C=O) groups is 3. The molecule has 4 aliphatic rings. The van der Waals surface area contributed by atoms with E-state index in [2.05, 4.69) is 4.90 Å². The van der Waals surface area contributed by atoms with Crippen molar-refractivity contribution >= 4 is 17.7 Å². The van der Waals surface area contributed by atoms with Crippen molar-refractivity contribution in [3.63, 3.8) is 0 Å². The van der Waals surface area contributed by atoms with Gasteiger partial charge in [0.1, 0.15) is 17.5 Å². The molecular weight excluding hydrogens is 436 g/mol. The smallest absolute Gasteiger partial charge is 0.256 e. The topological polar surface area (TPSA) is 82.6 Å². The molecule has 1 aliphatic carbocycles. The third-order valence-corrected chi connectivity index (χ3v) is 7.70. The molecule has 0 radical (unpaired) electrons. The predicted octanol–water partition coefficient (Wildman–Crippen LogP) is 1.04. The van der Waals surface area contributed by atoms with E-state index in [1.165, 1.54) is 0 Å². The van der Waals surface area contributed by atoms with Crippen molar-refractivity contribution < 1.29 is 23.9 Å². The Hall–Kier alpha value is -2.65. The Bertz CT molecular complexity index is 931. The van der Waals surface area contributed by atoms with Crippen LogP contribution >= 0.6 is 0 Å². The molecule has 3 saturated heterocycles. The Kier molecular flexibility index (Phi) is 6.24. The Morgan fingerprint density at radius 1 is 0.912 bits per heavy atom. The van der Waals surface area contributed by atoms with Crippen LogP contribution in [0.4, 0.5) is 0 Å². The van der Waals surface area contributed by atoms with Crippen LogP contribution < -0.4 is 4.74 Å². The minimum Gasteiger partial charge on any atom is -0.497 e. The predicted molar refractivity (Wildman–Crippen MR) is 124 cm³/mol. The number of carbonyl (C=O) groups excluding carboxylic acids is 3. The van der Waals surface area contributed by atoms with Crippen LogP contribution in [0.15, 0.2) is 24.3 Å². The number of methoxy groups -OCH3 is 1. The lowest BCUT2D eigenvalue weighted by molar-refractivity contribution is -0.146. The van der Waals surface area contributed by atoms with Gasteiger partial charge in [-0.05, 0) is 44.2 Å². The van der Waals surface area contributed by atoms with Crippen molar-refractivity contribution in [3.05, 3.63) is 29.8 Å². The van der Waals surface area contributed by atoms with E-state index in [-0.39, 0.29) is 30.2 Å². The number of hydrogen-bond donors (Lipinski definition) is 0. The summed E-state index contributed by atoms with van der Waals surface area (Å²) in [5, 5.41) is 0. The van der Waals surface area contributed by atoms with Gasteiger partial charge in [0.15, 0.2) is 0 Å². The molecular formula is C25H34N4O5. The van der Waals surface area contributed by atoms with E-state index in [0.29, 0.717) is 50.3 Å². The molecule has 1 unspecified atom stereocenters. The van der Waals surface area contributed by atoms with Crippen molar-refractivity contribution in [3.8, 4) is 5.75 Å². The maximum atomic E-state index is 13.8. The first-order valence-corrected chi connectivity index (χ1v) is 12.3. The van der Waals surface area contributed by atoms with Crippen LogP contribution in [0.25, 0.3) is 0 Å². The van der Waals surface area contributed by atoms with Gasteiger partial charge in [-0.3, -0.25) is 19.3 Å². The van der Waals surface area contributed by atoms with Gasteiger partial charge < -0.3 is 24.2 Å². The molecule has 184 valence electrons. The normalized spacial score (nSPS) is 25.0. The van der Waals surface area contributed by atoms with Crippen molar-refractivity contribution in [2.75, 3.05) is 60.0 Å². The SMILES string of the molecule is COc1ccc(C(=O)N2C(C(=O)N3CCN(C)CC3)COC23CCN(C(=O)C2CC2)CC3)cc1. The highest BCUT2D eigenvalue weighted by Crippen LogP contribution is 2.40. The molecule has 34 heavy (non-hydrogen) atoms. The van der Waals surface area contributed by atoms with Gasteiger partial charge in [0, 0.05) is 63.6 Å². The molecule has 0 aromatic heterocycles. The van der Waals surface area contributed by atoms with Gasteiger partial charge in [0.05, 0.1) is 13.7 Å². The molecule has 1 aromatic carbocycles. The van der Waals surface area contributed by atoms with Crippen molar-refractivity contribution in [2.24, 2.45) is 5.92 Å². The highest BCUT2D eigenvalue weighted by molar-refractivity contribution is 5.98. The number of likely N-dealkylation sites (N-methyl/N-ethyl adjacent to an activating group) is 1. The summed E-state index contributed by atoms with van der Waals surface area (Å²) >= 11 is 0. The van der Waals surface area contributed by atoms with Crippen LogP contribution in [0.1, 0.15) is 36.0 Å². The van der Waals surface area contributed by atoms with Gasteiger partial charge >= 0.3 is 0 Å². The molecule has 1 spiro atoms. The maximum absolute atomic E-state index is 13.8. The fourth-order valence-corrected chi connectivity index (χ4v) is 5.33. The van der Waals surface area contributed by atoms with Gasteiger partial charge in [-0.15, -0.1) is 0 Å². The molecule has 1 aromatic rings. The third kappa shape index (κ3) is 4.27. The molecule has 4 fully saturated rings. The van der Waals surface area contributed by atoms with E-state index in [4.69, 9.17) is 9.47 Å². The summed E-state index contributed by atoms with van der Waals surface area (Å²) in [6.45, 7) is 4.18. The molecule has 0 N–H and O–H groups in total. The fraction of sp³-hybridized carbons (Fsp3) is 0.640. The second kappa shape index (κ2) is 9.19. The Morgan fingerprint density at radius 3 is 2.12 bits per heavy atom. The first-order valence-electron chi connectivity index (χ1n) is 12.3. The van der Waals surface area contributed by atoms with Gasteiger partial charge in [-0.2, -0.15) is 0 Å². The van der Waals surface area contributed by atoms with Crippen molar-refractivity contribution in [1.82, 2.24) is 19.6 Å². The Morgan fingerprint density at radius 2 is 1.53 bits per heavy atom.